The van der Waals surface area contributed by atoms with Crippen molar-refractivity contribution in [3.05, 3.63) is 121 Å². The molecule has 0 spiro atoms. The summed E-state index contributed by atoms with van der Waals surface area (Å²) in [5.74, 6) is 1.65. The Morgan fingerprint density at radius 2 is 1.13 bits per heavy atom. The van der Waals surface area contributed by atoms with E-state index < -0.39 is 0 Å². The van der Waals surface area contributed by atoms with Gasteiger partial charge in [-0.2, -0.15) is 0 Å². The Hall–Kier alpha value is -5.42. The van der Waals surface area contributed by atoms with E-state index in [2.05, 4.69) is 71.7 Å². The summed E-state index contributed by atoms with van der Waals surface area (Å²) >= 11 is 0. The lowest BCUT2D eigenvalue weighted by Gasteiger charge is -2.12. The van der Waals surface area contributed by atoms with Crippen LogP contribution in [0, 0.1) is 0 Å². The van der Waals surface area contributed by atoms with Gasteiger partial charge in [-0.05, 0) is 40.4 Å². The molecule has 8 rings (SSSR count). The molecule has 0 atom stereocenters. The fourth-order valence-corrected chi connectivity index (χ4v) is 5.40. The number of fused-ring (bicyclic) bond motifs is 6. The predicted octanol–water partition coefficient (Wildman–Crippen LogP) is 8.47. The SMILES string of the molecule is c1ccc(-c2nc(-c3cccc4c3oc3ccccc34)nc(-c3cccc4ccc5ccccc5c34)n2)nc1. The lowest BCUT2D eigenvalue weighted by atomic mass is 9.97. The maximum Gasteiger partial charge on any atom is 0.182 e. The van der Waals surface area contributed by atoms with Crippen molar-refractivity contribution < 1.29 is 4.42 Å². The van der Waals surface area contributed by atoms with Crippen LogP contribution in [0.15, 0.2) is 126 Å². The Balaban J connectivity index is 1.45. The molecule has 0 radical (unpaired) electrons. The summed E-state index contributed by atoms with van der Waals surface area (Å²) < 4.78 is 6.34. The number of rotatable bonds is 3. The van der Waals surface area contributed by atoms with Gasteiger partial charge in [0.15, 0.2) is 17.5 Å². The van der Waals surface area contributed by atoms with Crippen molar-refractivity contribution in [2.45, 2.75) is 0 Å². The third-order valence-corrected chi connectivity index (χ3v) is 7.18. The maximum absolute atomic E-state index is 6.34. The molecule has 3 heterocycles. The molecule has 0 saturated carbocycles. The molecule has 0 bridgehead atoms. The van der Waals surface area contributed by atoms with E-state index in [1.54, 1.807) is 6.20 Å². The standard InChI is InChI=1S/C34H20N4O/c1-2-11-23-21(9-1)18-19-22-10-7-14-26(30(22)23)32-36-33(38-34(37-32)28-16-5-6-20-35-28)27-15-8-13-25-24-12-3-4-17-29(24)39-31(25)27/h1-20H. The van der Waals surface area contributed by atoms with Gasteiger partial charge in [0.1, 0.15) is 16.9 Å². The van der Waals surface area contributed by atoms with Crippen LogP contribution in [0.3, 0.4) is 0 Å². The average molecular weight is 501 g/mol. The van der Waals surface area contributed by atoms with Crippen LogP contribution in [0.1, 0.15) is 0 Å². The minimum Gasteiger partial charge on any atom is -0.455 e. The van der Waals surface area contributed by atoms with Crippen molar-refractivity contribution in [2.75, 3.05) is 0 Å². The number of hydrogen-bond acceptors (Lipinski definition) is 5. The Labute approximate surface area is 223 Å². The Kier molecular flexibility index (Phi) is 4.76. The normalized spacial score (nSPS) is 11.6. The molecule has 5 aromatic carbocycles. The molecule has 8 aromatic rings. The first-order valence-electron chi connectivity index (χ1n) is 12.8. The molecule has 0 fully saturated rings. The van der Waals surface area contributed by atoms with Crippen LogP contribution in [-0.4, -0.2) is 19.9 Å². The molecule has 0 aliphatic rings. The van der Waals surface area contributed by atoms with Crippen LogP contribution in [0.2, 0.25) is 0 Å². The van der Waals surface area contributed by atoms with Gasteiger partial charge in [0.25, 0.3) is 0 Å². The van der Waals surface area contributed by atoms with Gasteiger partial charge >= 0.3 is 0 Å². The topological polar surface area (TPSA) is 64.7 Å². The zero-order valence-electron chi connectivity index (χ0n) is 20.7. The summed E-state index contributed by atoms with van der Waals surface area (Å²) in [7, 11) is 0. The summed E-state index contributed by atoms with van der Waals surface area (Å²) in [4.78, 5) is 19.5. The third-order valence-electron chi connectivity index (χ3n) is 7.18. The number of furan rings is 1. The minimum absolute atomic E-state index is 0.515. The monoisotopic (exact) mass is 500 g/mol. The lowest BCUT2D eigenvalue weighted by molar-refractivity contribution is 0.669. The first-order valence-corrected chi connectivity index (χ1v) is 12.8. The fraction of sp³-hybridized carbons (Fsp3) is 0. The van der Waals surface area contributed by atoms with E-state index in [1.807, 2.05) is 48.5 Å². The Morgan fingerprint density at radius 3 is 2.03 bits per heavy atom. The molecule has 5 nitrogen and oxygen atoms in total. The highest BCUT2D eigenvalue weighted by Gasteiger charge is 2.19. The van der Waals surface area contributed by atoms with Crippen LogP contribution in [0.4, 0.5) is 0 Å². The molecule has 0 saturated heterocycles. The van der Waals surface area contributed by atoms with Crippen molar-refractivity contribution in [2.24, 2.45) is 0 Å². The molecule has 5 heteroatoms. The van der Waals surface area contributed by atoms with Gasteiger partial charge in [-0.25, -0.2) is 15.0 Å². The van der Waals surface area contributed by atoms with E-state index in [1.165, 1.54) is 5.39 Å². The van der Waals surface area contributed by atoms with Crippen molar-refractivity contribution in [3.63, 3.8) is 0 Å². The minimum atomic E-state index is 0.515. The van der Waals surface area contributed by atoms with Crippen molar-refractivity contribution in [1.29, 1.82) is 0 Å². The van der Waals surface area contributed by atoms with E-state index in [4.69, 9.17) is 19.4 Å². The number of pyridine rings is 1. The maximum atomic E-state index is 6.34. The highest BCUT2D eigenvalue weighted by molar-refractivity contribution is 6.14. The van der Waals surface area contributed by atoms with Gasteiger partial charge in [-0.1, -0.05) is 91.0 Å². The molecule has 39 heavy (non-hydrogen) atoms. The fourth-order valence-electron chi connectivity index (χ4n) is 5.40. The lowest BCUT2D eigenvalue weighted by Crippen LogP contribution is -2.01. The van der Waals surface area contributed by atoms with Crippen molar-refractivity contribution in [3.8, 4) is 34.3 Å². The average Bonchev–Trinajstić information content (AvgIpc) is 3.40. The van der Waals surface area contributed by atoms with Crippen LogP contribution in [-0.2, 0) is 0 Å². The summed E-state index contributed by atoms with van der Waals surface area (Å²) in [5.41, 5.74) is 4.03. The largest absolute Gasteiger partial charge is 0.455 e. The van der Waals surface area contributed by atoms with Crippen LogP contribution in [0.5, 0.6) is 0 Å². The van der Waals surface area contributed by atoms with E-state index in [9.17, 15) is 0 Å². The highest BCUT2D eigenvalue weighted by atomic mass is 16.3. The summed E-state index contributed by atoms with van der Waals surface area (Å²) in [6.45, 7) is 0. The molecular weight excluding hydrogens is 480 g/mol. The second-order valence-corrected chi connectivity index (χ2v) is 9.49. The van der Waals surface area contributed by atoms with E-state index in [0.29, 0.717) is 23.2 Å². The Bertz CT molecular complexity index is 2180. The van der Waals surface area contributed by atoms with Gasteiger partial charge in [0.05, 0.1) is 5.56 Å². The second kappa shape index (κ2) is 8.57. The number of nitrogens with zero attached hydrogens (tertiary/aromatic N) is 4. The van der Waals surface area contributed by atoms with Crippen LogP contribution in [0.25, 0.3) is 77.8 Å². The van der Waals surface area contributed by atoms with Gasteiger partial charge in [0, 0.05) is 27.9 Å². The molecule has 182 valence electrons. The van der Waals surface area contributed by atoms with Crippen molar-refractivity contribution in [1.82, 2.24) is 19.9 Å². The summed E-state index contributed by atoms with van der Waals surface area (Å²) in [6.07, 6.45) is 1.75. The third kappa shape index (κ3) is 3.48. The molecule has 0 amide bonds. The van der Waals surface area contributed by atoms with Crippen LogP contribution >= 0.6 is 0 Å². The van der Waals surface area contributed by atoms with Gasteiger partial charge in [-0.3, -0.25) is 4.98 Å². The highest BCUT2D eigenvalue weighted by Crippen LogP contribution is 2.37. The smallest absolute Gasteiger partial charge is 0.182 e. The molecule has 0 aliphatic carbocycles. The van der Waals surface area contributed by atoms with Gasteiger partial charge in [-0.15, -0.1) is 0 Å². The van der Waals surface area contributed by atoms with Gasteiger partial charge < -0.3 is 4.42 Å². The van der Waals surface area contributed by atoms with E-state index in [0.717, 1.165) is 49.2 Å². The summed E-state index contributed by atoms with van der Waals surface area (Å²) in [6, 6.07) is 38.9. The number of hydrogen-bond donors (Lipinski definition) is 0. The second-order valence-electron chi connectivity index (χ2n) is 9.49. The number of para-hydroxylation sites is 2. The predicted molar refractivity (Wildman–Crippen MR) is 156 cm³/mol. The number of benzene rings is 5. The summed E-state index contributed by atoms with van der Waals surface area (Å²) in [5, 5.41) is 6.67. The quantitative estimate of drug-likeness (QED) is 0.228. The van der Waals surface area contributed by atoms with Crippen LogP contribution < -0.4 is 0 Å². The van der Waals surface area contributed by atoms with Crippen molar-refractivity contribution >= 4 is 43.5 Å². The van der Waals surface area contributed by atoms with E-state index in [-0.39, 0.29) is 0 Å². The van der Waals surface area contributed by atoms with E-state index >= 15 is 0 Å². The molecular formula is C34H20N4O. The molecule has 0 aliphatic heterocycles. The number of aromatic nitrogens is 4. The molecule has 0 N–H and O–H groups in total. The Morgan fingerprint density at radius 1 is 0.462 bits per heavy atom. The zero-order chi connectivity index (χ0) is 25.8. The molecule has 3 aromatic heterocycles. The zero-order valence-corrected chi connectivity index (χ0v) is 20.7. The van der Waals surface area contributed by atoms with Gasteiger partial charge in [0.2, 0.25) is 0 Å². The molecule has 0 unspecified atom stereocenters. The first kappa shape index (κ1) is 21.6. The first-order chi connectivity index (χ1) is 19.3.